The van der Waals surface area contributed by atoms with Gasteiger partial charge in [-0.05, 0) is 35.4 Å². The second-order valence-corrected chi connectivity index (χ2v) is 10.00. The summed E-state index contributed by atoms with van der Waals surface area (Å²) in [6, 6.07) is 13.3. The molecular weight excluding hydrogens is 552 g/mol. The van der Waals surface area contributed by atoms with E-state index in [1.165, 1.54) is 60.7 Å². The van der Waals surface area contributed by atoms with E-state index in [4.69, 9.17) is 9.47 Å². The maximum Gasteiger partial charge on any atom is 0.157 e. The average Bonchev–Trinajstić information content (AvgIpc) is 2.92. The second kappa shape index (κ2) is 11.0. The molecule has 0 unspecified atom stereocenters. The van der Waals surface area contributed by atoms with Gasteiger partial charge >= 0.3 is 0 Å². The molecule has 10 N–H and O–H groups in total. The number of aliphatic hydroxyl groups is 2. The lowest BCUT2D eigenvalue weighted by molar-refractivity contribution is 0.0196. The fourth-order valence-electron chi connectivity index (χ4n) is 4.93. The van der Waals surface area contributed by atoms with Gasteiger partial charge in [0.15, 0.2) is 23.0 Å². The number of benzene rings is 4. The minimum absolute atomic E-state index is 0.143. The maximum atomic E-state index is 10.2. The molecule has 6 rings (SSSR count). The normalized spacial score (nSPS) is 20.6. The number of hydrogen-bond acceptors (Lipinski definition) is 12. The summed E-state index contributed by atoms with van der Waals surface area (Å²) in [5, 5.41) is 96.6. The van der Waals surface area contributed by atoms with Gasteiger partial charge in [0, 0.05) is 48.2 Å². The quantitative estimate of drug-likeness (QED) is 0.155. The first kappa shape index (κ1) is 28.3. The zero-order valence-corrected chi connectivity index (χ0v) is 21.8. The highest BCUT2D eigenvalue weighted by atomic mass is 16.5. The number of rotatable bonds is 2. The lowest BCUT2D eigenvalue weighted by Gasteiger charge is -2.31. The van der Waals surface area contributed by atoms with Crippen LogP contribution in [0, 0.1) is 0 Å². The van der Waals surface area contributed by atoms with Gasteiger partial charge in [-0.25, -0.2) is 0 Å². The summed E-state index contributed by atoms with van der Waals surface area (Å²) in [4.78, 5) is 0. The molecule has 12 heteroatoms. The molecule has 2 aliphatic rings. The van der Waals surface area contributed by atoms with Crippen LogP contribution in [-0.4, -0.2) is 63.3 Å². The van der Waals surface area contributed by atoms with Gasteiger partial charge in [0.1, 0.15) is 46.7 Å². The molecule has 4 aromatic rings. The Balaban J connectivity index is 0.000000168. The summed E-state index contributed by atoms with van der Waals surface area (Å²) in [6.45, 7) is 0. The third-order valence-electron chi connectivity index (χ3n) is 7.03. The fourth-order valence-corrected chi connectivity index (χ4v) is 4.93. The number of hydrogen-bond donors (Lipinski definition) is 10. The Hall–Kier alpha value is -5.20. The van der Waals surface area contributed by atoms with Crippen molar-refractivity contribution in [3.63, 3.8) is 0 Å². The summed E-state index contributed by atoms with van der Waals surface area (Å²) in [7, 11) is 0. The van der Waals surface area contributed by atoms with Crippen LogP contribution in [0.1, 0.15) is 34.5 Å². The van der Waals surface area contributed by atoms with Crippen LogP contribution >= 0.6 is 0 Å². The Labute approximate surface area is 238 Å². The molecule has 12 nitrogen and oxygen atoms in total. The average molecular weight is 581 g/mol. The van der Waals surface area contributed by atoms with Crippen molar-refractivity contribution in [1.82, 2.24) is 0 Å². The molecule has 0 bridgehead atoms. The van der Waals surface area contributed by atoms with Gasteiger partial charge in [-0.1, -0.05) is 12.1 Å². The molecular formula is C30H28O12. The standard InChI is InChI=1S/2C15H14O6/c2*16-8-4-11(18)9-6-13(20)15(21-14(9)5-8)7-1-2-10(17)12(19)3-7/h2*1-5,13,15-20H,6H2/t2*13-,15-/m10/s1. The van der Waals surface area contributed by atoms with Crippen LogP contribution in [0.5, 0.6) is 57.5 Å². The number of phenols is 8. The molecule has 220 valence electrons. The van der Waals surface area contributed by atoms with Crippen molar-refractivity contribution >= 4 is 0 Å². The Morgan fingerprint density at radius 1 is 0.452 bits per heavy atom. The van der Waals surface area contributed by atoms with E-state index in [1.807, 2.05) is 0 Å². The van der Waals surface area contributed by atoms with Crippen LogP contribution in [0.25, 0.3) is 0 Å². The van der Waals surface area contributed by atoms with E-state index in [-0.39, 0.29) is 70.3 Å². The summed E-state index contributed by atoms with van der Waals surface area (Å²) in [5.41, 5.74) is 1.79. The molecule has 0 aliphatic carbocycles. The number of aromatic hydroxyl groups is 8. The molecule has 0 radical (unpaired) electrons. The highest BCUT2D eigenvalue weighted by Crippen LogP contribution is 2.44. The van der Waals surface area contributed by atoms with Crippen LogP contribution in [0.15, 0.2) is 60.7 Å². The third kappa shape index (κ3) is 5.53. The van der Waals surface area contributed by atoms with Crippen molar-refractivity contribution in [3.8, 4) is 57.5 Å². The van der Waals surface area contributed by atoms with Crippen molar-refractivity contribution in [1.29, 1.82) is 0 Å². The molecule has 2 aliphatic heterocycles. The maximum absolute atomic E-state index is 10.2. The van der Waals surface area contributed by atoms with Crippen LogP contribution < -0.4 is 9.47 Å². The lowest BCUT2D eigenvalue weighted by atomic mass is 9.94. The Morgan fingerprint density at radius 3 is 1.19 bits per heavy atom. The van der Waals surface area contributed by atoms with E-state index in [0.717, 1.165) is 0 Å². The van der Waals surface area contributed by atoms with E-state index in [2.05, 4.69) is 0 Å². The largest absolute Gasteiger partial charge is 0.508 e. The number of aliphatic hydroxyl groups excluding tert-OH is 2. The van der Waals surface area contributed by atoms with E-state index < -0.39 is 24.4 Å². The Kier molecular flexibility index (Phi) is 7.42. The van der Waals surface area contributed by atoms with Gasteiger partial charge in [0.2, 0.25) is 0 Å². The zero-order valence-electron chi connectivity index (χ0n) is 21.8. The van der Waals surface area contributed by atoms with Crippen LogP contribution in [0.2, 0.25) is 0 Å². The first-order valence-electron chi connectivity index (χ1n) is 12.7. The van der Waals surface area contributed by atoms with Gasteiger partial charge in [-0.2, -0.15) is 0 Å². The SMILES string of the molecule is Oc1cc(O)c2c(c1)O[C@@H](c1ccc(O)c(O)c1)[C@@H](O)C2.Oc1cc(O)c2c(c1)O[C@H](c1ccc(O)c(O)c1)[C@H](O)C2. The molecule has 4 atom stereocenters. The first-order chi connectivity index (χ1) is 19.9. The predicted molar refractivity (Wildman–Crippen MR) is 145 cm³/mol. The fraction of sp³-hybridized carbons (Fsp3) is 0.200. The molecule has 42 heavy (non-hydrogen) atoms. The molecule has 4 aromatic carbocycles. The molecule has 0 spiro atoms. The number of phenolic OH excluding ortho intramolecular Hbond substituents is 8. The van der Waals surface area contributed by atoms with Crippen molar-refractivity contribution in [2.75, 3.05) is 0 Å². The summed E-state index contributed by atoms with van der Waals surface area (Å²) in [6.07, 6.45) is -3.12. The van der Waals surface area contributed by atoms with Crippen molar-refractivity contribution in [2.45, 2.75) is 37.3 Å². The van der Waals surface area contributed by atoms with Gasteiger partial charge in [0.05, 0.1) is 12.2 Å². The lowest BCUT2D eigenvalue weighted by Crippen LogP contribution is -2.30. The molecule has 2 heterocycles. The highest BCUT2D eigenvalue weighted by molar-refractivity contribution is 5.53. The first-order valence-corrected chi connectivity index (χ1v) is 12.7. The zero-order chi connectivity index (χ0) is 30.3. The number of fused-ring (bicyclic) bond motifs is 2. The Bertz CT molecular complexity index is 1510. The molecule has 0 saturated heterocycles. The van der Waals surface area contributed by atoms with Crippen molar-refractivity contribution < 1.29 is 60.5 Å². The molecule has 0 saturated carbocycles. The Morgan fingerprint density at radius 2 is 0.833 bits per heavy atom. The van der Waals surface area contributed by atoms with Crippen LogP contribution in [0.3, 0.4) is 0 Å². The topological polar surface area (TPSA) is 221 Å². The predicted octanol–water partition coefficient (Wildman–Crippen LogP) is 3.09. The van der Waals surface area contributed by atoms with E-state index in [9.17, 15) is 51.1 Å². The molecule has 0 fully saturated rings. The second-order valence-electron chi connectivity index (χ2n) is 10.00. The highest BCUT2D eigenvalue weighted by Gasteiger charge is 2.33. The van der Waals surface area contributed by atoms with E-state index >= 15 is 0 Å². The molecule has 0 aromatic heterocycles. The van der Waals surface area contributed by atoms with Gasteiger partial charge in [-0.3, -0.25) is 0 Å². The third-order valence-corrected chi connectivity index (χ3v) is 7.03. The van der Waals surface area contributed by atoms with E-state index in [0.29, 0.717) is 22.3 Å². The monoisotopic (exact) mass is 580 g/mol. The number of ether oxygens (including phenoxy) is 2. The minimum Gasteiger partial charge on any atom is -0.508 e. The van der Waals surface area contributed by atoms with Crippen LogP contribution in [0.4, 0.5) is 0 Å². The van der Waals surface area contributed by atoms with Crippen molar-refractivity contribution in [3.05, 3.63) is 82.9 Å². The smallest absolute Gasteiger partial charge is 0.157 e. The van der Waals surface area contributed by atoms with Gasteiger partial charge in [0.25, 0.3) is 0 Å². The van der Waals surface area contributed by atoms with Crippen LogP contribution in [-0.2, 0) is 12.8 Å². The van der Waals surface area contributed by atoms with Gasteiger partial charge < -0.3 is 60.5 Å². The molecule has 0 amide bonds. The minimum atomic E-state index is -0.933. The van der Waals surface area contributed by atoms with Crippen molar-refractivity contribution in [2.24, 2.45) is 0 Å². The summed E-state index contributed by atoms with van der Waals surface area (Å²) in [5.74, 6) is -1.18. The summed E-state index contributed by atoms with van der Waals surface area (Å²) < 4.78 is 11.2. The van der Waals surface area contributed by atoms with Gasteiger partial charge in [-0.15, -0.1) is 0 Å². The summed E-state index contributed by atoms with van der Waals surface area (Å²) >= 11 is 0. The van der Waals surface area contributed by atoms with E-state index in [1.54, 1.807) is 0 Å².